The molecule has 2 aromatic heterocycles. The number of nitrogens with zero attached hydrogens (tertiary/aromatic N) is 1. The first kappa shape index (κ1) is 11.2. The molecule has 2 rings (SSSR count). The van der Waals surface area contributed by atoms with Gasteiger partial charge in [0.1, 0.15) is 11.3 Å². The van der Waals surface area contributed by atoms with Crippen molar-refractivity contribution in [2.24, 2.45) is 0 Å². The minimum Gasteiger partial charge on any atom is -0.459 e. The highest BCUT2D eigenvalue weighted by atomic mass is 16.3. The van der Waals surface area contributed by atoms with E-state index in [1.54, 1.807) is 0 Å². The molecule has 0 aromatic carbocycles. The minimum absolute atomic E-state index is 0.117. The molecular formula is C14H19NO. The zero-order chi connectivity index (χ0) is 11.9. The van der Waals surface area contributed by atoms with Gasteiger partial charge in [-0.05, 0) is 17.0 Å². The highest BCUT2D eigenvalue weighted by Gasteiger charge is 2.16. The van der Waals surface area contributed by atoms with Crippen LogP contribution < -0.4 is 0 Å². The van der Waals surface area contributed by atoms with Gasteiger partial charge in [-0.3, -0.25) is 4.98 Å². The summed E-state index contributed by atoms with van der Waals surface area (Å²) in [6.07, 6.45) is 1.95. The van der Waals surface area contributed by atoms with E-state index in [0.717, 1.165) is 16.9 Å². The molecule has 0 saturated carbocycles. The second-order valence-corrected chi connectivity index (χ2v) is 5.66. The summed E-state index contributed by atoms with van der Waals surface area (Å²) >= 11 is 0. The van der Waals surface area contributed by atoms with E-state index in [2.05, 4.69) is 45.7 Å². The van der Waals surface area contributed by atoms with E-state index in [1.807, 2.05) is 12.3 Å². The average molecular weight is 217 g/mol. The Morgan fingerprint density at radius 2 is 1.88 bits per heavy atom. The molecule has 0 N–H and O–H groups in total. The molecule has 0 atom stereocenters. The summed E-state index contributed by atoms with van der Waals surface area (Å²) in [5.74, 6) is 1.42. The molecule has 0 unspecified atom stereocenters. The topological polar surface area (TPSA) is 26.0 Å². The monoisotopic (exact) mass is 217 g/mol. The normalized spacial score (nSPS) is 12.6. The van der Waals surface area contributed by atoms with Crippen LogP contribution in [0.3, 0.4) is 0 Å². The van der Waals surface area contributed by atoms with Crippen molar-refractivity contribution in [1.82, 2.24) is 4.98 Å². The quantitative estimate of drug-likeness (QED) is 0.713. The SMILES string of the molecule is CC(C)c1cc2ncc(C(C)(C)C)cc2o1. The number of furan rings is 1. The third-order valence-electron chi connectivity index (χ3n) is 2.82. The van der Waals surface area contributed by atoms with Gasteiger partial charge in [0.25, 0.3) is 0 Å². The summed E-state index contributed by atoms with van der Waals surface area (Å²) in [5, 5.41) is 0. The van der Waals surface area contributed by atoms with Gasteiger partial charge < -0.3 is 4.42 Å². The summed E-state index contributed by atoms with van der Waals surface area (Å²) in [5.41, 5.74) is 3.18. The van der Waals surface area contributed by atoms with Crippen LogP contribution in [0.25, 0.3) is 11.1 Å². The lowest BCUT2D eigenvalue weighted by Crippen LogP contribution is -2.10. The van der Waals surface area contributed by atoms with Crippen LogP contribution in [-0.2, 0) is 5.41 Å². The summed E-state index contributed by atoms with van der Waals surface area (Å²) in [7, 11) is 0. The molecule has 0 fully saturated rings. The van der Waals surface area contributed by atoms with E-state index in [9.17, 15) is 0 Å². The zero-order valence-electron chi connectivity index (χ0n) is 10.7. The van der Waals surface area contributed by atoms with Gasteiger partial charge in [-0.25, -0.2) is 0 Å². The predicted molar refractivity (Wildman–Crippen MR) is 66.8 cm³/mol. The Morgan fingerprint density at radius 3 is 2.44 bits per heavy atom. The van der Waals surface area contributed by atoms with Crippen molar-refractivity contribution in [2.75, 3.05) is 0 Å². The van der Waals surface area contributed by atoms with Crippen molar-refractivity contribution >= 4 is 11.1 Å². The summed E-state index contributed by atoms with van der Waals surface area (Å²) < 4.78 is 5.80. The van der Waals surface area contributed by atoms with Crippen molar-refractivity contribution in [3.8, 4) is 0 Å². The van der Waals surface area contributed by atoms with E-state index < -0.39 is 0 Å². The maximum Gasteiger partial charge on any atom is 0.153 e. The molecule has 86 valence electrons. The first-order valence-electron chi connectivity index (χ1n) is 5.78. The van der Waals surface area contributed by atoms with Crippen LogP contribution in [0.4, 0.5) is 0 Å². The molecule has 0 aliphatic rings. The summed E-state index contributed by atoms with van der Waals surface area (Å²) in [6.45, 7) is 10.8. The highest BCUT2D eigenvalue weighted by molar-refractivity contribution is 5.74. The average Bonchev–Trinajstić information content (AvgIpc) is 2.58. The van der Waals surface area contributed by atoms with Gasteiger partial charge in [0.2, 0.25) is 0 Å². The Hall–Kier alpha value is -1.31. The molecule has 0 saturated heterocycles. The Morgan fingerprint density at radius 1 is 1.19 bits per heavy atom. The minimum atomic E-state index is 0.117. The lowest BCUT2D eigenvalue weighted by molar-refractivity contribution is 0.519. The number of rotatable bonds is 1. The van der Waals surface area contributed by atoms with E-state index in [0.29, 0.717) is 5.92 Å². The molecule has 0 aliphatic heterocycles. The van der Waals surface area contributed by atoms with Crippen LogP contribution in [0.15, 0.2) is 22.7 Å². The first-order valence-corrected chi connectivity index (χ1v) is 5.78. The Bertz CT molecular complexity index is 503. The number of hydrogen-bond acceptors (Lipinski definition) is 2. The van der Waals surface area contributed by atoms with Crippen molar-refractivity contribution in [2.45, 2.75) is 46.0 Å². The smallest absolute Gasteiger partial charge is 0.153 e. The molecular weight excluding hydrogens is 198 g/mol. The lowest BCUT2D eigenvalue weighted by Gasteiger charge is -2.17. The Balaban J connectivity index is 2.54. The standard InChI is InChI=1S/C14H19NO/c1-9(2)12-7-11-13(16-12)6-10(8-15-11)14(3,4)5/h6-9H,1-5H3. The van der Waals surface area contributed by atoms with Gasteiger partial charge in [-0.15, -0.1) is 0 Å². The van der Waals surface area contributed by atoms with Crippen molar-refractivity contribution < 1.29 is 4.42 Å². The van der Waals surface area contributed by atoms with Crippen LogP contribution in [0.1, 0.15) is 51.9 Å². The van der Waals surface area contributed by atoms with Gasteiger partial charge in [-0.2, -0.15) is 0 Å². The largest absolute Gasteiger partial charge is 0.459 e. The number of aromatic nitrogens is 1. The van der Waals surface area contributed by atoms with Crippen LogP contribution in [0, 0.1) is 0 Å². The molecule has 0 amide bonds. The van der Waals surface area contributed by atoms with E-state index in [1.165, 1.54) is 5.56 Å². The van der Waals surface area contributed by atoms with E-state index >= 15 is 0 Å². The fraction of sp³-hybridized carbons (Fsp3) is 0.500. The van der Waals surface area contributed by atoms with Gasteiger partial charge in [0.15, 0.2) is 5.58 Å². The maximum absolute atomic E-state index is 5.80. The van der Waals surface area contributed by atoms with Crippen LogP contribution in [-0.4, -0.2) is 4.98 Å². The van der Waals surface area contributed by atoms with Crippen molar-refractivity contribution in [3.63, 3.8) is 0 Å². The van der Waals surface area contributed by atoms with Crippen molar-refractivity contribution in [3.05, 3.63) is 29.7 Å². The van der Waals surface area contributed by atoms with Gasteiger partial charge in [-0.1, -0.05) is 34.6 Å². The second-order valence-electron chi connectivity index (χ2n) is 5.66. The number of fused-ring (bicyclic) bond motifs is 1. The summed E-state index contributed by atoms with van der Waals surface area (Å²) in [6, 6.07) is 4.14. The highest BCUT2D eigenvalue weighted by Crippen LogP contribution is 2.28. The van der Waals surface area contributed by atoms with Crippen LogP contribution in [0.5, 0.6) is 0 Å². The third-order valence-corrected chi connectivity index (χ3v) is 2.82. The Kier molecular flexibility index (Phi) is 2.53. The lowest BCUT2D eigenvalue weighted by atomic mass is 9.88. The van der Waals surface area contributed by atoms with E-state index in [4.69, 9.17) is 4.42 Å². The first-order chi connectivity index (χ1) is 7.38. The fourth-order valence-electron chi connectivity index (χ4n) is 1.63. The molecule has 0 bridgehead atoms. The maximum atomic E-state index is 5.80. The third kappa shape index (κ3) is 1.97. The molecule has 2 aromatic rings. The molecule has 0 radical (unpaired) electrons. The summed E-state index contributed by atoms with van der Waals surface area (Å²) in [4.78, 5) is 4.46. The zero-order valence-corrected chi connectivity index (χ0v) is 10.7. The number of hydrogen-bond donors (Lipinski definition) is 0. The molecule has 2 heterocycles. The molecule has 2 heteroatoms. The number of pyridine rings is 1. The van der Waals surface area contributed by atoms with E-state index in [-0.39, 0.29) is 5.41 Å². The molecule has 0 aliphatic carbocycles. The van der Waals surface area contributed by atoms with Crippen LogP contribution >= 0.6 is 0 Å². The predicted octanol–water partition coefficient (Wildman–Crippen LogP) is 4.25. The molecule has 0 spiro atoms. The second kappa shape index (κ2) is 3.62. The molecule has 2 nitrogen and oxygen atoms in total. The van der Waals surface area contributed by atoms with Crippen molar-refractivity contribution in [1.29, 1.82) is 0 Å². The van der Waals surface area contributed by atoms with Gasteiger partial charge in [0.05, 0.1) is 0 Å². The molecule has 16 heavy (non-hydrogen) atoms. The van der Waals surface area contributed by atoms with Gasteiger partial charge in [0, 0.05) is 18.2 Å². The van der Waals surface area contributed by atoms with Crippen LogP contribution in [0.2, 0.25) is 0 Å². The van der Waals surface area contributed by atoms with Gasteiger partial charge >= 0.3 is 0 Å². The fourth-order valence-corrected chi connectivity index (χ4v) is 1.63. The Labute approximate surface area is 96.7 Å².